The molecule has 0 bridgehead atoms. The van der Waals surface area contributed by atoms with Crippen molar-refractivity contribution < 1.29 is 9.53 Å². The van der Waals surface area contributed by atoms with Crippen molar-refractivity contribution in [2.24, 2.45) is 5.92 Å². The summed E-state index contributed by atoms with van der Waals surface area (Å²) in [4.78, 5) is 10.8. The fourth-order valence-electron chi connectivity index (χ4n) is 2.37. The van der Waals surface area contributed by atoms with E-state index in [9.17, 15) is 4.79 Å². The van der Waals surface area contributed by atoms with Crippen LogP contribution in [0.5, 0.6) is 0 Å². The van der Waals surface area contributed by atoms with E-state index in [-0.39, 0.29) is 6.09 Å². The van der Waals surface area contributed by atoms with Crippen LogP contribution in [0.4, 0.5) is 4.79 Å². The van der Waals surface area contributed by atoms with Gasteiger partial charge in [0.1, 0.15) is 6.61 Å². The van der Waals surface area contributed by atoms with E-state index in [2.05, 4.69) is 5.32 Å². The van der Waals surface area contributed by atoms with Gasteiger partial charge in [-0.15, -0.1) is 0 Å². The minimum atomic E-state index is -0.228. The topological polar surface area (TPSA) is 38.3 Å². The number of carbonyl (C=O) groups is 1. The summed E-state index contributed by atoms with van der Waals surface area (Å²) >= 11 is 0. The van der Waals surface area contributed by atoms with Crippen molar-refractivity contribution in [3.8, 4) is 0 Å². The van der Waals surface area contributed by atoms with Gasteiger partial charge in [-0.3, -0.25) is 0 Å². The Morgan fingerprint density at radius 2 is 1.85 bits per heavy atom. The highest BCUT2D eigenvalue weighted by Gasteiger charge is 2.30. The van der Waals surface area contributed by atoms with Gasteiger partial charge in [-0.2, -0.15) is 0 Å². The molecule has 74 valence electrons. The van der Waals surface area contributed by atoms with Crippen molar-refractivity contribution in [2.45, 2.75) is 44.6 Å². The van der Waals surface area contributed by atoms with Crippen molar-refractivity contribution >= 4 is 6.09 Å². The molecule has 13 heavy (non-hydrogen) atoms. The summed E-state index contributed by atoms with van der Waals surface area (Å²) in [6.07, 6.45) is 7.64. The maximum Gasteiger partial charge on any atom is 0.407 e. The van der Waals surface area contributed by atoms with Gasteiger partial charge < -0.3 is 10.1 Å². The Kier molecular flexibility index (Phi) is 2.71. The lowest BCUT2D eigenvalue weighted by atomic mass is 9.93. The van der Waals surface area contributed by atoms with Crippen molar-refractivity contribution in [3.63, 3.8) is 0 Å². The van der Waals surface area contributed by atoms with Gasteiger partial charge in [-0.1, -0.05) is 25.7 Å². The highest BCUT2D eigenvalue weighted by atomic mass is 16.6. The van der Waals surface area contributed by atoms with Crippen LogP contribution >= 0.6 is 0 Å². The highest BCUT2D eigenvalue weighted by molar-refractivity contribution is 5.69. The summed E-state index contributed by atoms with van der Waals surface area (Å²) in [6, 6.07) is 0.297. The molecule has 1 aliphatic carbocycles. The fraction of sp³-hybridized carbons (Fsp3) is 0.900. The van der Waals surface area contributed by atoms with Gasteiger partial charge in [-0.05, 0) is 18.8 Å². The lowest BCUT2D eigenvalue weighted by Gasteiger charge is -2.18. The Hall–Kier alpha value is -0.730. The molecule has 1 aliphatic heterocycles. The lowest BCUT2D eigenvalue weighted by molar-refractivity contribution is 0.174. The van der Waals surface area contributed by atoms with Gasteiger partial charge in [-0.25, -0.2) is 4.79 Å². The smallest absolute Gasteiger partial charge is 0.407 e. The molecule has 3 heteroatoms. The molecule has 1 saturated carbocycles. The third-order valence-electron chi connectivity index (χ3n) is 3.17. The standard InChI is InChI=1S/C10H17NO2/c12-10-11-9(7-13-10)8-5-3-1-2-4-6-8/h8-9H,1-7H2,(H,11,12). The first-order valence-corrected chi connectivity index (χ1v) is 5.29. The Labute approximate surface area is 78.8 Å². The van der Waals surface area contributed by atoms with Gasteiger partial charge >= 0.3 is 6.09 Å². The number of hydrogen-bond acceptors (Lipinski definition) is 2. The molecule has 1 heterocycles. The molecule has 0 aromatic carbocycles. The third-order valence-corrected chi connectivity index (χ3v) is 3.17. The first-order valence-electron chi connectivity index (χ1n) is 5.29. The van der Waals surface area contributed by atoms with E-state index in [1.54, 1.807) is 0 Å². The molecule has 1 N–H and O–H groups in total. The highest BCUT2D eigenvalue weighted by Crippen LogP contribution is 2.26. The van der Waals surface area contributed by atoms with E-state index in [1.807, 2.05) is 0 Å². The summed E-state index contributed by atoms with van der Waals surface area (Å²) < 4.78 is 4.91. The summed E-state index contributed by atoms with van der Waals surface area (Å²) in [5.41, 5.74) is 0. The zero-order chi connectivity index (χ0) is 9.10. The molecule has 0 spiro atoms. The van der Waals surface area contributed by atoms with Crippen LogP contribution in [0.1, 0.15) is 38.5 Å². The molecule has 1 saturated heterocycles. The van der Waals surface area contributed by atoms with E-state index in [1.165, 1.54) is 38.5 Å². The van der Waals surface area contributed by atoms with Crippen LogP contribution in [0.15, 0.2) is 0 Å². The van der Waals surface area contributed by atoms with E-state index in [0.717, 1.165) is 0 Å². The molecular formula is C10H17NO2. The molecular weight excluding hydrogens is 166 g/mol. The zero-order valence-corrected chi connectivity index (χ0v) is 7.92. The van der Waals surface area contributed by atoms with Crippen LogP contribution in [0.25, 0.3) is 0 Å². The second-order valence-corrected chi connectivity index (χ2v) is 4.10. The van der Waals surface area contributed by atoms with Crippen LogP contribution in [-0.2, 0) is 4.74 Å². The zero-order valence-electron chi connectivity index (χ0n) is 7.92. The number of rotatable bonds is 1. The van der Waals surface area contributed by atoms with Gasteiger partial charge in [0.05, 0.1) is 6.04 Å². The van der Waals surface area contributed by atoms with Crippen LogP contribution in [0.3, 0.4) is 0 Å². The van der Waals surface area contributed by atoms with Gasteiger partial charge in [0, 0.05) is 0 Å². The SMILES string of the molecule is O=C1NC(C2CCCCCC2)CO1. The van der Waals surface area contributed by atoms with Crippen molar-refractivity contribution in [2.75, 3.05) is 6.61 Å². The van der Waals surface area contributed by atoms with Gasteiger partial charge in [0.25, 0.3) is 0 Å². The number of ether oxygens (including phenoxy) is 1. The van der Waals surface area contributed by atoms with Crippen molar-refractivity contribution in [1.29, 1.82) is 0 Å². The average Bonchev–Trinajstić information content (AvgIpc) is 2.43. The van der Waals surface area contributed by atoms with Crippen LogP contribution < -0.4 is 5.32 Å². The van der Waals surface area contributed by atoms with Crippen LogP contribution in [0, 0.1) is 5.92 Å². The van der Waals surface area contributed by atoms with E-state index >= 15 is 0 Å². The second kappa shape index (κ2) is 3.99. The number of nitrogens with one attached hydrogen (secondary N) is 1. The normalized spacial score (nSPS) is 30.8. The molecule has 3 nitrogen and oxygen atoms in total. The maximum absolute atomic E-state index is 10.8. The predicted molar refractivity (Wildman–Crippen MR) is 49.5 cm³/mol. The largest absolute Gasteiger partial charge is 0.447 e. The van der Waals surface area contributed by atoms with Gasteiger partial charge in [0.15, 0.2) is 0 Å². The van der Waals surface area contributed by atoms with E-state index in [4.69, 9.17) is 4.74 Å². The Morgan fingerprint density at radius 3 is 2.38 bits per heavy atom. The summed E-state index contributed by atoms with van der Waals surface area (Å²) in [5, 5.41) is 2.89. The number of amides is 1. The first kappa shape index (κ1) is 8.85. The Bertz CT molecular complexity index is 185. The molecule has 1 unspecified atom stereocenters. The Balaban J connectivity index is 1.87. The molecule has 2 aliphatic rings. The maximum atomic E-state index is 10.8. The van der Waals surface area contributed by atoms with Crippen LogP contribution in [-0.4, -0.2) is 18.7 Å². The molecule has 0 aromatic rings. The average molecular weight is 183 g/mol. The van der Waals surface area contributed by atoms with Crippen LogP contribution in [0.2, 0.25) is 0 Å². The summed E-state index contributed by atoms with van der Waals surface area (Å²) in [7, 11) is 0. The molecule has 2 rings (SSSR count). The molecule has 0 radical (unpaired) electrons. The first-order chi connectivity index (χ1) is 6.36. The minimum Gasteiger partial charge on any atom is -0.447 e. The fourth-order valence-corrected chi connectivity index (χ4v) is 2.37. The van der Waals surface area contributed by atoms with E-state index in [0.29, 0.717) is 18.6 Å². The lowest BCUT2D eigenvalue weighted by Crippen LogP contribution is -2.33. The predicted octanol–water partition coefficient (Wildman–Crippen LogP) is 2.07. The molecule has 1 atom stereocenters. The number of cyclic esters (lactones) is 1. The van der Waals surface area contributed by atoms with Gasteiger partial charge in [0.2, 0.25) is 0 Å². The summed E-state index contributed by atoms with van der Waals surface area (Å²) in [5.74, 6) is 0.661. The quantitative estimate of drug-likeness (QED) is 0.632. The van der Waals surface area contributed by atoms with Crippen molar-refractivity contribution in [1.82, 2.24) is 5.32 Å². The molecule has 0 aromatic heterocycles. The van der Waals surface area contributed by atoms with Crippen molar-refractivity contribution in [3.05, 3.63) is 0 Å². The number of alkyl carbamates (subject to hydrolysis) is 1. The second-order valence-electron chi connectivity index (χ2n) is 4.10. The number of carbonyl (C=O) groups excluding carboxylic acids is 1. The molecule has 1 amide bonds. The third kappa shape index (κ3) is 2.14. The Morgan fingerprint density at radius 1 is 1.15 bits per heavy atom. The summed E-state index contributed by atoms with van der Waals surface area (Å²) in [6.45, 7) is 0.587. The monoisotopic (exact) mass is 183 g/mol. The van der Waals surface area contributed by atoms with E-state index < -0.39 is 0 Å². The number of hydrogen-bond donors (Lipinski definition) is 1. The minimum absolute atomic E-state index is 0.228. The molecule has 2 fully saturated rings.